The molecular weight excluding hydrogens is 527 g/mol. The first kappa shape index (κ1) is 28.7. The minimum atomic E-state index is -1.98. The summed E-state index contributed by atoms with van der Waals surface area (Å²) in [6.45, 7) is 23.2. The van der Waals surface area contributed by atoms with Crippen LogP contribution in [0.5, 0.6) is 0 Å². The lowest BCUT2D eigenvalue weighted by Crippen LogP contribution is -2.85. The lowest BCUT2D eigenvalue weighted by molar-refractivity contribution is -0.0188. The second kappa shape index (κ2) is 10.2. The molecule has 1 heterocycles. The topological polar surface area (TPSA) is 42.4 Å². The largest absolute Gasteiger partial charge is 0.423 e. The number of pyridine rings is 1. The van der Waals surface area contributed by atoms with Crippen molar-refractivity contribution in [1.29, 1.82) is 0 Å². The molecule has 1 fully saturated rings. The Labute approximate surface area is 209 Å². The van der Waals surface area contributed by atoms with Crippen LogP contribution in [0, 0.1) is 5.92 Å². The molecule has 0 aromatic carbocycles. The summed E-state index contributed by atoms with van der Waals surface area (Å²) in [7, 11) is -4.69. The smallest absolute Gasteiger partial charge is 0.158 e. The molecule has 1 aliphatic carbocycles. The fourth-order valence-corrected chi connectivity index (χ4v) is 102. The van der Waals surface area contributed by atoms with Gasteiger partial charge in [-0.05, 0) is 53.7 Å². The first-order valence-electron chi connectivity index (χ1n) is 12.5. The molecule has 32 heavy (non-hydrogen) atoms. The van der Waals surface area contributed by atoms with E-state index >= 15 is 0 Å². The van der Waals surface area contributed by atoms with Gasteiger partial charge in [0.25, 0.3) is 0 Å². The maximum atomic E-state index is 11.7. The van der Waals surface area contributed by atoms with E-state index in [4.69, 9.17) is 4.43 Å². The molecule has 0 bridgehead atoms. The van der Waals surface area contributed by atoms with Gasteiger partial charge in [0.2, 0.25) is 0 Å². The van der Waals surface area contributed by atoms with Crippen LogP contribution < -0.4 is 0 Å². The highest BCUT2D eigenvalue weighted by atomic mass is 79.9. The molecule has 0 amide bonds. The maximum Gasteiger partial charge on any atom is 0.158 e. The molecule has 8 heteroatoms. The molecule has 3 nitrogen and oxygen atoms in total. The van der Waals surface area contributed by atoms with E-state index < -0.39 is 35.2 Å². The predicted octanol–water partition coefficient (Wildman–Crippen LogP) is 7.60. The SMILES string of the molecule is C[C@@](O)(C[C@@H](O[Si]([Si](C)(C)C)([Si](C)(C)C)[Si](C)(C)C)C1CCCCC1)c1cccc(Br)n1. The van der Waals surface area contributed by atoms with Gasteiger partial charge in [-0.2, -0.15) is 0 Å². The Bertz CT molecular complexity index is 726. The number of aromatic nitrogens is 1. The first-order valence-corrected chi connectivity index (χ1v) is 28.7. The number of rotatable bonds is 9. The summed E-state index contributed by atoms with van der Waals surface area (Å²) >= 11 is 3.49. The van der Waals surface area contributed by atoms with Gasteiger partial charge in [-0.15, -0.1) is 0 Å². The van der Waals surface area contributed by atoms with Gasteiger partial charge < -0.3 is 9.53 Å². The van der Waals surface area contributed by atoms with Gasteiger partial charge in [-0.1, -0.05) is 84.3 Å². The summed E-state index contributed by atoms with van der Waals surface area (Å²) in [6, 6.07) is 5.86. The predicted molar refractivity (Wildman–Crippen MR) is 153 cm³/mol. The first-order chi connectivity index (χ1) is 14.4. The third kappa shape index (κ3) is 6.15. The minimum absolute atomic E-state index is 0.128. The summed E-state index contributed by atoms with van der Waals surface area (Å²) in [5, 5.41) is 11.7. The molecule has 0 unspecified atom stereocenters. The Balaban J connectivity index is 2.56. The summed E-state index contributed by atoms with van der Waals surface area (Å²) < 4.78 is 8.56. The fraction of sp³-hybridized carbons (Fsp3) is 0.792. The molecule has 1 aromatic rings. The molecule has 0 spiro atoms. The molecule has 0 saturated heterocycles. The van der Waals surface area contributed by atoms with E-state index in [1.165, 1.54) is 32.1 Å². The maximum absolute atomic E-state index is 11.7. The van der Waals surface area contributed by atoms with Crippen LogP contribution in [0.1, 0.15) is 51.1 Å². The fourth-order valence-electron chi connectivity index (χ4n) is 7.15. The molecule has 0 aliphatic heterocycles. The number of aliphatic hydroxyl groups is 1. The van der Waals surface area contributed by atoms with Gasteiger partial charge in [-0.3, -0.25) is 0 Å². The molecule has 1 aliphatic rings. The van der Waals surface area contributed by atoms with Crippen molar-refractivity contribution in [3.05, 3.63) is 28.5 Å². The average molecular weight is 575 g/mol. The van der Waals surface area contributed by atoms with Crippen LogP contribution >= 0.6 is 15.9 Å². The van der Waals surface area contributed by atoms with Crippen LogP contribution in [0.15, 0.2) is 22.8 Å². The van der Waals surface area contributed by atoms with E-state index in [9.17, 15) is 5.11 Å². The zero-order valence-corrected chi connectivity index (χ0v) is 27.9. The van der Waals surface area contributed by atoms with Crippen molar-refractivity contribution in [3.63, 3.8) is 0 Å². The summed E-state index contributed by atoms with van der Waals surface area (Å²) in [5.74, 6) is 0.554. The third-order valence-corrected chi connectivity index (χ3v) is 75.5. The summed E-state index contributed by atoms with van der Waals surface area (Å²) in [6.07, 6.45) is 7.18. The van der Waals surface area contributed by atoms with Crippen LogP contribution in [-0.4, -0.2) is 45.8 Å². The van der Waals surface area contributed by atoms with Gasteiger partial charge in [0, 0.05) is 12.5 Å². The molecule has 2 atom stereocenters. The van der Waals surface area contributed by atoms with Gasteiger partial charge in [-0.25, -0.2) is 4.98 Å². The van der Waals surface area contributed by atoms with Crippen LogP contribution in [0.25, 0.3) is 0 Å². The lowest BCUT2D eigenvalue weighted by atomic mass is 9.80. The van der Waals surface area contributed by atoms with Gasteiger partial charge >= 0.3 is 0 Å². The van der Waals surface area contributed by atoms with Gasteiger partial charge in [0.1, 0.15) is 10.2 Å². The molecule has 0 radical (unpaired) electrons. The number of hydrogen-bond donors (Lipinski definition) is 1. The average Bonchev–Trinajstić information content (AvgIpc) is 2.62. The van der Waals surface area contributed by atoms with Crippen molar-refractivity contribution < 1.29 is 9.53 Å². The monoisotopic (exact) mass is 573 g/mol. The molecular formula is C24H48BrNO2Si4. The normalized spacial score (nSPS) is 20.1. The van der Waals surface area contributed by atoms with Crippen LogP contribution in [0.2, 0.25) is 58.9 Å². The Morgan fingerprint density at radius 1 is 0.969 bits per heavy atom. The van der Waals surface area contributed by atoms with E-state index in [0.717, 1.165) is 10.3 Å². The highest BCUT2D eigenvalue weighted by Gasteiger charge is 2.65. The van der Waals surface area contributed by atoms with Crippen molar-refractivity contribution in [1.82, 2.24) is 4.98 Å². The van der Waals surface area contributed by atoms with Crippen molar-refractivity contribution in [2.24, 2.45) is 5.92 Å². The Morgan fingerprint density at radius 2 is 1.47 bits per heavy atom. The van der Waals surface area contributed by atoms with Crippen molar-refractivity contribution >= 4 is 45.6 Å². The van der Waals surface area contributed by atoms with Crippen molar-refractivity contribution in [2.75, 3.05) is 0 Å². The van der Waals surface area contributed by atoms with Crippen molar-refractivity contribution in [3.8, 4) is 0 Å². The molecule has 184 valence electrons. The third-order valence-electron chi connectivity index (χ3n) is 7.54. The van der Waals surface area contributed by atoms with Crippen LogP contribution in [-0.2, 0) is 10.0 Å². The molecule has 1 saturated carbocycles. The number of halogens is 1. The second-order valence-electron chi connectivity index (χ2n) is 13.3. The van der Waals surface area contributed by atoms with E-state index in [1.807, 2.05) is 25.1 Å². The van der Waals surface area contributed by atoms with Crippen LogP contribution in [0.4, 0.5) is 0 Å². The second-order valence-corrected chi connectivity index (χ2v) is 53.6. The van der Waals surface area contributed by atoms with Crippen LogP contribution in [0.3, 0.4) is 0 Å². The van der Waals surface area contributed by atoms with Gasteiger partial charge in [0.15, 0.2) is 6.87 Å². The van der Waals surface area contributed by atoms with E-state index in [2.05, 4.69) is 79.8 Å². The zero-order valence-electron chi connectivity index (χ0n) is 22.3. The zero-order chi connectivity index (χ0) is 24.6. The highest BCUT2D eigenvalue weighted by molar-refractivity contribution is 9.10. The molecule has 1 N–H and O–H groups in total. The summed E-state index contributed by atoms with van der Waals surface area (Å²) in [5.41, 5.74) is -0.248. The molecule has 2 rings (SSSR count). The van der Waals surface area contributed by atoms with E-state index in [0.29, 0.717) is 12.3 Å². The van der Waals surface area contributed by atoms with E-state index in [-0.39, 0.29) is 6.10 Å². The van der Waals surface area contributed by atoms with E-state index in [1.54, 1.807) is 0 Å². The number of nitrogens with zero attached hydrogens (tertiary/aromatic N) is 1. The Hall–Kier alpha value is 0.418. The molecule has 1 aromatic heterocycles. The minimum Gasteiger partial charge on any atom is -0.423 e. The Kier molecular flexibility index (Phi) is 9.12. The Morgan fingerprint density at radius 3 is 1.91 bits per heavy atom. The quantitative estimate of drug-likeness (QED) is 0.244. The number of hydrogen-bond acceptors (Lipinski definition) is 3. The van der Waals surface area contributed by atoms with Gasteiger partial charge in [0.05, 0.1) is 28.5 Å². The lowest BCUT2D eigenvalue weighted by Gasteiger charge is -2.58. The standard InChI is InChI=1S/C24H48BrNO2Si4/c1-24(27,22-17-14-18-23(25)26-22)19-21(20-15-12-11-13-16-20)28-32(29(2,3)4,30(5,6)7)31(8,9)10/h14,17-18,20-21,27H,11-13,15-16,19H2,1-10H3/t21-,24-/m1/s1. The summed E-state index contributed by atoms with van der Waals surface area (Å²) in [4.78, 5) is 4.63. The highest BCUT2D eigenvalue weighted by Crippen LogP contribution is 2.43. The van der Waals surface area contributed by atoms with Crippen molar-refractivity contribution in [2.45, 2.75) is 116 Å².